The normalized spacial score (nSPS) is 12.2. The zero-order valence-corrected chi connectivity index (χ0v) is 10.7. The van der Waals surface area contributed by atoms with Crippen molar-refractivity contribution in [3.05, 3.63) is 17.6 Å². The third-order valence-electron chi connectivity index (χ3n) is 1.88. The summed E-state index contributed by atoms with van der Waals surface area (Å²) in [7, 11) is 5.27. The SMILES string of the molecule is [B]SOC(C)c1cnc(C)nc1N=C(C)C. The lowest BCUT2D eigenvalue weighted by molar-refractivity contribution is 0.276. The second-order valence-electron chi connectivity index (χ2n) is 3.59. The average molecular weight is 235 g/mol. The van der Waals surface area contributed by atoms with Crippen LogP contribution in [0, 0.1) is 6.92 Å². The van der Waals surface area contributed by atoms with Crippen LogP contribution in [0.5, 0.6) is 0 Å². The molecule has 1 aromatic rings. The first-order valence-corrected chi connectivity index (χ1v) is 5.72. The molecule has 0 aliphatic rings. The minimum atomic E-state index is -0.186. The average Bonchev–Trinajstić information content (AvgIpc) is 2.16. The summed E-state index contributed by atoms with van der Waals surface area (Å²) in [4.78, 5) is 12.8. The third kappa shape index (κ3) is 3.61. The van der Waals surface area contributed by atoms with Crippen LogP contribution in [0.25, 0.3) is 0 Å². The molecule has 4 nitrogen and oxygen atoms in total. The Morgan fingerprint density at radius 2 is 2.25 bits per heavy atom. The minimum Gasteiger partial charge on any atom is -0.321 e. The number of nitrogens with zero attached hydrogens (tertiary/aromatic N) is 3. The Morgan fingerprint density at radius 3 is 2.81 bits per heavy atom. The Kier molecular flexibility index (Phi) is 4.95. The molecule has 0 spiro atoms. The fourth-order valence-electron chi connectivity index (χ4n) is 1.19. The van der Waals surface area contributed by atoms with Crippen molar-refractivity contribution in [2.75, 3.05) is 0 Å². The van der Waals surface area contributed by atoms with E-state index in [1.807, 2.05) is 27.7 Å². The van der Waals surface area contributed by atoms with E-state index in [0.717, 1.165) is 23.2 Å². The largest absolute Gasteiger partial charge is 0.321 e. The van der Waals surface area contributed by atoms with Crippen LogP contribution < -0.4 is 0 Å². The van der Waals surface area contributed by atoms with Crippen LogP contribution in [0.3, 0.4) is 0 Å². The molecule has 1 rings (SSSR count). The molecular weight excluding hydrogens is 221 g/mol. The third-order valence-corrected chi connectivity index (χ3v) is 2.28. The van der Waals surface area contributed by atoms with Gasteiger partial charge in [-0.3, -0.25) is 0 Å². The van der Waals surface area contributed by atoms with E-state index in [-0.39, 0.29) is 6.10 Å². The molecule has 0 fully saturated rings. The topological polar surface area (TPSA) is 47.4 Å². The Bertz CT molecular complexity index is 394. The number of aryl methyl sites for hydroxylation is 1. The molecule has 1 aromatic heterocycles. The highest BCUT2D eigenvalue weighted by Crippen LogP contribution is 2.27. The molecule has 84 valence electrons. The molecule has 0 saturated heterocycles. The van der Waals surface area contributed by atoms with Gasteiger partial charge in [0.05, 0.1) is 6.10 Å². The minimum absolute atomic E-state index is 0.186. The van der Waals surface area contributed by atoms with Gasteiger partial charge in [0.15, 0.2) is 5.82 Å². The van der Waals surface area contributed by atoms with Crippen molar-refractivity contribution >= 4 is 30.5 Å². The standard InChI is InChI=1S/C10H14BN3OS/c1-6(2)13-10-9(7(3)15-16-11)5-12-8(4)14-10/h5,7H,1-4H3. The highest BCUT2D eigenvalue weighted by molar-refractivity contribution is 8.15. The van der Waals surface area contributed by atoms with Gasteiger partial charge in [-0.25, -0.2) is 15.0 Å². The molecule has 0 aliphatic heterocycles. The number of aromatic nitrogens is 2. The molecule has 16 heavy (non-hydrogen) atoms. The summed E-state index contributed by atoms with van der Waals surface area (Å²) < 4.78 is 5.24. The Balaban J connectivity index is 3.12. The molecular formula is C10H14BN3OS. The summed E-state index contributed by atoms with van der Waals surface area (Å²) in [6, 6.07) is 0. The van der Waals surface area contributed by atoms with Crippen molar-refractivity contribution in [3.8, 4) is 0 Å². The molecule has 1 atom stereocenters. The monoisotopic (exact) mass is 235 g/mol. The van der Waals surface area contributed by atoms with Crippen molar-refractivity contribution in [3.63, 3.8) is 0 Å². The number of hydrogen-bond donors (Lipinski definition) is 0. The summed E-state index contributed by atoms with van der Waals surface area (Å²) >= 11 is 0.832. The maximum atomic E-state index is 5.27. The highest BCUT2D eigenvalue weighted by Gasteiger charge is 2.13. The van der Waals surface area contributed by atoms with Crippen molar-refractivity contribution in [1.29, 1.82) is 0 Å². The number of aliphatic imine (C=N–C) groups is 1. The maximum absolute atomic E-state index is 5.27. The maximum Gasteiger partial charge on any atom is 0.203 e. The summed E-state index contributed by atoms with van der Waals surface area (Å²) in [6.07, 6.45) is 1.54. The van der Waals surface area contributed by atoms with Gasteiger partial charge < -0.3 is 4.18 Å². The second-order valence-corrected chi connectivity index (χ2v) is 3.97. The molecule has 0 amide bonds. The van der Waals surface area contributed by atoms with Gasteiger partial charge in [0.1, 0.15) is 5.82 Å². The van der Waals surface area contributed by atoms with Crippen LogP contribution in [0.15, 0.2) is 11.2 Å². The van der Waals surface area contributed by atoms with Gasteiger partial charge in [-0.05, 0) is 27.7 Å². The molecule has 0 aromatic carbocycles. The Hall–Kier alpha value is -0.875. The van der Waals surface area contributed by atoms with E-state index in [1.165, 1.54) is 0 Å². The molecule has 1 heterocycles. The van der Waals surface area contributed by atoms with Crippen LogP contribution in [-0.4, -0.2) is 22.8 Å². The summed E-state index contributed by atoms with van der Waals surface area (Å²) in [5.41, 5.74) is 1.77. The molecule has 0 bridgehead atoms. The fraction of sp³-hybridized carbons (Fsp3) is 0.500. The van der Waals surface area contributed by atoms with Gasteiger partial charge in [-0.1, -0.05) is 11.9 Å². The highest BCUT2D eigenvalue weighted by atomic mass is 32.2. The first-order valence-electron chi connectivity index (χ1n) is 4.92. The molecule has 6 heteroatoms. The first kappa shape index (κ1) is 13.2. The molecule has 0 saturated carbocycles. The lowest BCUT2D eigenvalue weighted by Crippen LogP contribution is -2.00. The lowest BCUT2D eigenvalue weighted by Gasteiger charge is -2.12. The van der Waals surface area contributed by atoms with E-state index in [1.54, 1.807) is 6.20 Å². The zero-order chi connectivity index (χ0) is 12.1. The molecule has 1 unspecified atom stereocenters. The van der Waals surface area contributed by atoms with Crippen LogP contribution >= 0.6 is 11.9 Å². The van der Waals surface area contributed by atoms with Gasteiger partial charge >= 0.3 is 0 Å². The van der Waals surface area contributed by atoms with E-state index in [4.69, 9.17) is 11.3 Å². The first-order chi connectivity index (χ1) is 7.54. The van der Waals surface area contributed by atoms with Crippen molar-refractivity contribution in [1.82, 2.24) is 9.97 Å². The molecule has 0 aliphatic carbocycles. The molecule has 2 radical (unpaired) electrons. The quantitative estimate of drug-likeness (QED) is 0.457. The van der Waals surface area contributed by atoms with Crippen LogP contribution in [-0.2, 0) is 4.18 Å². The predicted octanol–water partition coefficient (Wildman–Crippen LogP) is 2.71. The van der Waals surface area contributed by atoms with E-state index in [2.05, 4.69) is 15.0 Å². The van der Waals surface area contributed by atoms with E-state index >= 15 is 0 Å². The summed E-state index contributed by atoms with van der Waals surface area (Å²) in [5, 5.41) is 0. The Labute approximate surface area is 101 Å². The van der Waals surface area contributed by atoms with Gasteiger partial charge in [-0.15, -0.1) is 0 Å². The van der Waals surface area contributed by atoms with Gasteiger partial charge in [0.2, 0.25) is 7.12 Å². The smallest absolute Gasteiger partial charge is 0.203 e. The van der Waals surface area contributed by atoms with E-state index < -0.39 is 0 Å². The van der Waals surface area contributed by atoms with Crippen molar-refractivity contribution in [2.24, 2.45) is 4.99 Å². The molecule has 0 N–H and O–H groups in total. The van der Waals surface area contributed by atoms with Crippen molar-refractivity contribution < 1.29 is 4.18 Å². The van der Waals surface area contributed by atoms with Gasteiger partial charge in [0.25, 0.3) is 0 Å². The zero-order valence-electron chi connectivity index (χ0n) is 9.89. The lowest BCUT2D eigenvalue weighted by atomic mass is 10.2. The Morgan fingerprint density at radius 1 is 1.56 bits per heavy atom. The fourth-order valence-corrected chi connectivity index (χ4v) is 1.46. The van der Waals surface area contributed by atoms with Crippen molar-refractivity contribution in [2.45, 2.75) is 33.8 Å². The van der Waals surface area contributed by atoms with E-state index in [9.17, 15) is 0 Å². The number of rotatable bonds is 4. The summed E-state index contributed by atoms with van der Waals surface area (Å²) in [5.74, 6) is 1.34. The second kappa shape index (κ2) is 6.01. The van der Waals surface area contributed by atoms with Gasteiger partial charge in [0, 0.05) is 17.5 Å². The summed E-state index contributed by atoms with van der Waals surface area (Å²) in [6.45, 7) is 7.56. The van der Waals surface area contributed by atoms with Gasteiger partial charge in [-0.2, -0.15) is 0 Å². The number of hydrogen-bond acceptors (Lipinski definition) is 5. The van der Waals surface area contributed by atoms with E-state index in [0.29, 0.717) is 11.6 Å². The van der Waals surface area contributed by atoms with Crippen LogP contribution in [0.4, 0.5) is 5.82 Å². The van der Waals surface area contributed by atoms with Crippen LogP contribution in [0.1, 0.15) is 38.3 Å². The predicted molar refractivity (Wildman–Crippen MR) is 68.1 cm³/mol. The van der Waals surface area contributed by atoms with Crippen LogP contribution in [0.2, 0.25) is 0 Å².